The first kappa shape index (κ1) is 6.94. The van der Waals surface area contributed by atoms with Gasteiger partial charge in [-0.2, -0.15) is 5.10 Å². The normalized spacial score (nSPS) is 11.9. The fourth-order valence-electron chi connectivity index (χ4n) is 0.525. The Morgan fingerprint density at radius 1 is 1.70 bits per heavy atom. The Balaban J connectivity index is 3.05. The molecular formula is C4H7N5S. The van der Waals surface area contributed by atoms with E-state index in [-0.39, 0.29) is 5.84 Å². The molecule has 54 valence electrons. The Morgan fingerprint density at radius 2 is 2.40 bits per heavy atom. The van der Waals surface area contributed by atoms with Gasteiger partial charge in [0.15, 0.2) is 5.84 Å². The van der Waals surface area contributed by atoms with Crippen LogP contribution < -0.4 is 11.6 Å². The maximum atomic E-state index is 5.39. The van der Waals surface area contributed by atoms with Gasteiger partial charge in [-0.1, -0.05) is 4.49 Å². The van der Waals surface area contributed by atoms with Gasteiger partial charge in [0.25, 0.3) is 0 Å². The Bertz CT molecular complexity index is 252. The number of rotatable bonds is 1. The molecule has 0 saturated carbocycles. The van der Waals surface area contributed by atoms with Gasteiger partial charge in [-0.25, -0.2) is 0 Å². The van der Waals surface area contributed by atoms with Crippen LogP contribution in [0.25, 0.3) is 0 Å². The molecule has 1 aromatic rings. The Kier molecular flexibility index (Phi) is 1.81. The van der Waals surface area contributed by atoms with Gasteiger partial charge in [0, 0.05) is 0 Å². The van der Waals surface area contributed by atoms with E-state index in [0.717, 1.165) is 10.6 Å². The number of aromatic nitrogens is 2. The maximum absolute atomic E-state index is 5.39. The van der Waals surface area contributed by atoms with Crippen molar-refractivity contribution in [2.24, 2.45) is 16.7 Å². The molecule has 0 aliphatic rings. The lowest BCUT2D eigenvalue weighted by atomic mass is 10.4. The van der Waals surface area contributed by atoms with E-state index in [1.54, 1.807) is 6.92 Å². The van der Waals surface area contributed by atoms with Crippen LogP contribution in [0.4, 0.5) is 0 Å². The number of aryl methyl sites for hydroxylation is 1. The average molecular weight is 157 g/mol. The molecule has 1 heterocycles. The molecule has 0 bridgehead atoms. The molecule has 0 unspecified atom stereocenters. The van der Waals surface area contributed by atoms with Crippen molar-refractivity contribution in [2.45, 2.75) is 6.92 Å². The van der Waals surface area contributed by atoms with E-state index < -0.39 is 0 Å². The summed E-state index contributed by atoms with van der Waals surface area (Å²) in [5.74, 6) is 5.23. The molecule has 0 atom stereocenters. The van der Waals surface area contributed by atoms with Crippen molar-refractivity contribution in [3.63, 3.8) is 0 Å². The highest BCUT2D eigenvalue weighted by atomic mass is 32.1. The highest BCUT2D eigenvalue weighted by Crippen LogP contribution is 2.06. The largest absolute Gasteiger partial charge is 0.381 e. The number of hydrazone groups is 1. The first-order chi connectivity index (χ1) is 4.75. The Hall–Kier alpha value is -1.17. The zero-order valence-electron chi connectivity index (χ0n) is 5.40. The molecule has 0 aromatic carbocycles. The topological polar surface area (TPSA) is 90.2 Å². The van der Waals surface area contributed by atoms with E-state index >= 15 is 0 Å². The van der Waals surface area contributed by atoms with Crippen LogP contribution in [0.1, 0.15) is 10.6 Å². The second kappa shape index (κ2) is 2.61. The highest BCUT2D eigenvalue weighted by Gasteiger charge is 2.05. The molecule has 0 fully saturated rings. The quantitative estimate of drug-likeness (QED) is 0.247. The predicted molar refractivity (Wildman–Crippen MR) is 39.6 cm³/mol. The molecule has 1 rings (SSSR count). The molecular weight excluding hydrogens is 150 g/mol. The summed E-state index contributed by atoms with van der Waals surface area (Å²) < 4.78 is 3.67. The van der Waals surface area contributed by atoms with Gasteiger partial charge in [-0.15, -0.1) is 5.10 Å². The van der Waals surface area contributed by atoms with Gasteiger partial charge >= 0.3 is 0 Å². The van der Waals surface area contributed by atoms with E-state index in [1.807, 2.05) is 0 Å². The smallest absolute Gasteiger partial charge is 0.163 e. The first-order valence-corrected chi connectivity index (χ1v) is 3.35. The van der Waals surface area contributed by atoms with Gasteiger partial charge in [-0.3, -0.25) is 0 Å². The van der Waals surface area contributed by atoms with Crippen molar-refractivity contribution < 1.29 is 0 Å². The van der Waals surface area contributed by atoms with Crippen LogP contribution in [0.2, 0.25) is 0 Å². The lowest BCUT2D eigenvalue weighted by molar-refractivity contribution is 1.08. The summed E-state index contributed by atoms with van der Waals surface area (Å²) in [6.45, 7) is 1.80. The van der Waals surface area contributed by atoms with Crippen molar-refractivity contribution in [3.05, 3.63) is 10.6 Å². The summed E-state index contributed by atoms with van der Waals surface area (Å²) in [5.41, 5.74) is 6.16. The Labute approximate surface area is 61.9 Å². The number of nitrogens with two attached hydrogens (primary N) is 2. The molecule has 1 aromatic heterocycles. The van der Waals surface area contributed by atoms with E-state index in [4.69, 9.17) is 11.6 Å². The monoisotopic (exact) mass is 157 g/mol. The van der Waals surface area contributed by atoms with Gasteiger partial charge in [-0.05, 0) is 18.5 Å². The Morgan fingerprint density at radius 3 is 2.80 bits per heavy atom. The van der Waals surface area contributed by atoms with Crippen LogP contribution in [0.3, 0.4) is 0 Å². The van der Waals surface area contributed by atoms with Gasteiger partial charge in [0.05, 0.1) is 5.69 Å². The third-order valence-electron chi connectivity index (χ3n) is 1.02. The number of nitrogens with zero attached hydrogens (tertiary/aromatic N) is 3. The SMILES string of the molecule is Cc1nnsc1C(N)=NN. The van der Waals surface area contributed by atoms with E-state index in [1.165, 1.54) is 11.5 Å². The molecule has 10 heavy (non-hydrogen) atoms. The second-order valence-corrected chi connectivity index (χ2v) is 2.46. The fourth-order valence-corrected chi connectivity index (χ4v) is 1.09. The summed E-state index contributed by atoms with van der Waals surface area (Å²) in [7, 11) is 0. The van der Waals surface area contributed by atoms with Crippen molar-refractivity contribution in [1.82, 2.24) is 9.59 Å². The van der Waals surface area contributed by atoms with Gasteiger partial charge in [0.1, 0.15) is 4.88 Å². The minimum Gasteiger partial charge on any atom is -0.381 e. The lowest BCUT2D eigenvalue weighted by Gasteiger charge is -1.90. The molecule has 0 radical (unpaired) electrons. The van der Waals surface area contributed by atoms with Crippen LogP contribution in [-0.2, 0) is 0 Å². The fraction of sp³-hybridized carbons (Fsp3) is 0.250. The van der Waals surface area contributed by atoms with E-state index in [0.29, 0.717) is 0 Å². The van der Waals surface area contributed by atoms with Crippen LogP contribution in [0, 0.1) is 6.92 Å². The molecule has 0 spiro atoms. The zero-order chi connectivity index (χ0) is 7.56. The summed E-state index contributed by atoms with van der Waals surface area (Å²) in [4.78, 5) is 0.738. The van der Waals surface area contributed by atoms with Crippen LogP contribution >= 0.6 is 11.5 Å². The third kappa shape index (κ3) is 1.06. The summed E-state index contributed by atoms with van der Waals surface area (Å²) in [6.07, 6.45) is 0. The molecule has 0 aliphatic carbocycles. The zero-order valence-corrected chi connectivity index (χ0v) is 6.22. The minimum absolute atomic E-state index is 0.285. The van der Waals surface area contributed by atoms with Crippen molar-refractivity contribution >= 4 is 17.4 Å². The van der Waals surface area contributed by atoms with Crippen molar-refractivity contribution in [1.29, 1.82) is 0 Å². The maximum Gasteiger partial charge on any atom is 0.163 e. The summed E-state index contributed by atoms with van der Waals surface area (Å²) in [5, 5.41) is 7.05. The second-order valence-electron chi connectivity index (χ2n) is 1.70. The number of amidine groups is 1. The van der Waals surface area contributed by atoms with Crippen LogP contribution in [0.15, 0.2) is 5.10 Å². The van der Waals surface area contributed by atoms with Crippen molar-refractivity contribution in [2.75, 3.05) is 0 Å². The minimum atomic E-state index is 0.285. The first-order valence-electron chi connectivity index (χ1n) is 2.58. The molecule has 0 aliphatic heterocycles. The predicted octanol–water partition coefficient (Wildman–Crippen LogP) is -0.574. The molecule has 6 heteroatoms. The number of hydrogen-bond donors (Lipinski definition) is 2. The van der Waals surface area contributed by atoms with Crippen LogP contribution in [0.5, 0.6) is 0 Å². The number of hydrogen-bond acceptors (Lipinski definition) is 5. The molecule has 0 amide bonds. The van der Waals surface area contributed by atoms with E-state index in [2.05, 4.69) is 14.7 Å². The molecule has 0 saturated heterocycles. The molecule has 5 nitrogen and oxygen atoms in total. The van der Waals surface area contributed by atoms with Crippen LogP contribution in [-0.4, -0.2) is 15.4 Å². The van der Waals surface area contributed by atoms with E-state index in [9.17, 15) is 0 Å². The average Bonchev–Trinajstić information content (AvgIpc) is 2.34. The lowest BCUT2D eigenvalue weighted by Crippen LogP contribution is -2.14. The van der Waals surface area contributed by atoms with Gasteiger partial charge < -0.3 is 11.6 Å². The van der Waals surface area contributed by atoms with Gasteiger partial charge in [0.2, 0.25) is 0 Å². The standard InChI is InChI=1S/C4H7N5S/c1-2-3(4(5)7-6)10-9-8-2/h6H2,1H3,(H2,5,7). The highest BCUT2D eigenvalue weighted by molar-refractivity contribution is 7.08. The van der Waals surface area contributed by atoms with Crippen molar-refractivity contribution in [3.8, 4) is 0 Å². The molecule has 4 N–H and O–H groups in total. The third-order valence-corrected chi connectivity index (χ3v) is 1.87. The summed E-state index contributed by atoms with van der Waals surface area (Å²) in [6, 6.07) is 0. The summed E-state index contributed by atoms with van der Waals surface area (Å²) >= 11 is 1.19.